The van der Waals surface area contributed by atoms with Gasteiger partial charge in [-0.3, -0.25) is 9.88 Å². The van der Waals surface area contributed by atoms with Crippen LogP contribution in [0.15, 0.2) is 36.7 Å². The van der Waals surface area contributed by atoms with E-state index in [4.69, 9.17) is 14.2 Å². The molecule has 0 amide bonds. The molecule has 0 N–H and O–H groups in total. The molecule has 1 saturated heterocycles. The lowest BCUT2D eigenvalue weighted by Gasteiger charge is -2.39. The molecule has 2 aliphatic heterocycles. The molecule has 0 saturated carbocycles. The quantitative estimate of drug-likeness (QED) is 0.867. The standard InChI is InChI=1S/C17H18N2O3/c1-20-15-7-17-16(21-11-22-17)6-13(15)8-19-9-14(10-19)12-2-4-18-5-3-12/h2-7,14H,8-11H2,1H3. The highest BCUT2D eigenvalue weighted by atomic mass is 16.7. The number of rotatable bonds is 4. The minimum absolute atomic E-state index is 0.287. The normalized spacial score (nSPS) is 17.3. The average molecular weight is 298 g/mol. The fraction of sp³-hybridized carbons (Fsp3) is 0.353. The summed E-state index contributed by atoms with van der Waals surface area (Å²) in [6, 6.07) is 8.14. The fourth-order valence-corrected chi connectivity index (χ4v) is 3.07. The first-order valence-corrected chi connectivity index (χ1v) is 7.42. The summed E-state index contributed by atoms with van der Waals surface area (Å²) in [4.78, 5) is 6.48. The minimum atomic E-state index is 0.287. The summed E-state index contributed by atoms with van der Waals surface area (Å²) < 4.78 is 16.3. The van der Waals surface area contributed by atoms with E-state index < -0.39 is 0 Å². The van der Waals surface area contributed by atoms with Gasteiger partial charge >= 0.3 is 0 Å². The molecule has 2 aliphatic rings. The topological polar surface area (TPSA) is 43.8 Å². The van der Waals surface area contributed by atoms with Gasteiger partial charge in [-0.15, -0.1) is 0 Å². The van der Waals surface area contributed by atoms with Crippen molar-refractivity contribution < 1.29 is 14.2 Å². The van der Waals surface area contributed by atoms with Gasteiger partial charge in [-0.25, -0.2) is 0 Å². The van der Waals surface area contributed by atoms with Gasteiger partial charge in [-0.05, 0) is 23.8 Å². The maximum Gasteiger partial charge on any atom is 0.231 e. The van der Waals surface area contributed by atoms with Crippen LogP contribution < -0.4 is 14.2 Å². The molecule has 0 radical (unpaired) electrons. The predicted molar refractivity (Wildman–Crippen MR) is 81.4 cm³/mol. The Bertz CT molecular complexity index is 669. The largest absolute Gasteiger partial charge is 0.496 e. The van der Waals surface area contributed by atoms with Crippen molar-refractivity contribution in [2.24, 2.45) is 0 Å². The molecule has 5 heteroatoms. The maximum atomic E-state index is 5.48. The van der Waals surface area contributed by atoms with Crippen LogP contribution in [0.5, 0.6) is 17.2 Å². The summed E-state index contributed by atoms with van der Waals surface area (Å²) in [7, 11) is 1.69. The number of ether oxygens (including phenoxy) is 3. The summed E-state index contributed by atoms with van der Waals surface area (Å²) in [6.45, 7) is 3.26. The molecule has 0 unspecified atom stereocenters. The average Bonchev–Trinajstić information content (AvgIpc) is 2.97. The second-order valence-electron chi connectivity index (χ2n) is 5.69. The first-order valence-electron chi connectivity index (χ1n) is 7.42. The number of hydrogen-bond acceptors (Lipinski definition) is 5. The smallest absolute Gasteiger partial charge is 0.231 e. The van der Waals surface area contributed by atoms with Gasteiger partial charge in [0.1, 0.15) is 5.75 Å². The van der Waals surface area contributed by atoms with Crippen LogP contribution in [-0.2, 0) is 6.54 Å². The van der Waals surface area contributed by atoms with E-state index in [1.807, 2.05) is 24.5 Å². The molecule has 0 aliphatic carbocycles. The Morgan fingerprint density at radius 1 is 1.18 bits per heavy atom. The number of benzene rings is 1. The lowest BCUT2D eigenvalue weighted by atomic mass is 9.92. The Morgan fingerprint density at radius 3 is 2.64 bits per heavy atom. The first-order chi connectivity index (χ1) is 10.8. The van der Waals surface area contributed by atoms with E-state index in [9.17, 15) is 0 Å². The molecule has 3 heterocycles. The van der Waals surface area contributed by atoms with Gasteiger partial charge in [0.2, 0.25) is 6.79 Å². The molecule has 0 spiro atoms. The van der Waals surface area contributed by atoms with Gasteiger partial charge in [0.15, 0.2) is 11.5 Å². The van der Waals surface area contributed by atoms with E-state index >= 15 is 0 Å². The highest BCUT2D eigenvalue weighted by Crippen LogP contribution is 2.39. The number of methoxy groups -OCH3 is 1. The Hall–Kier alpha value is -2.27. The Kier molecular flexibility index (Phi) is 3.35. The van der Waals surface area contributed by atoms with Gasteiger partial charge in [0.05, 0.1) is 7.11 Å². The van der Waals surface area contributed by atoms with Crippen LogP contribution in [0.3, 0.4) is 0 Å². The third-order valence-electron chi connectivity index (χ3n) is 4.30. The highest BCUT2D eigenvalue weighted by Gasteiger charge is 2.29. The SMILES string of the molecule is COc1cc2c(cc1CN1CC(c3ccncc3)C1)OCO2. The number of pyridine rings is 1. The third-order valence-corrected chi connectivity index (χ3v) is 4.30. The number of likely N-dealkylation sites (tertiary alicyclic amines) is 1. The fourth-order valence-electron chi connectivity index (χ4n) is 3.07. The van der Waals surface area contributed by atoms with Crippen LogP contribution in [-0.4, -0.2) is 36.9 Å². The van der Waals surface area contributed by atoms with Crippen LogP contribution in [0.2, 0.25) is 0 Å². The van der Waals surface area contributed by atoms with Gasteiger partial charge < -0.3 is 14.2 Å². The molecule has 1 aromatic heterocycles. The minimum Gasteiger partial charge on any atom is -0.496 e. The zero-order valence-corrected chi connectivity index (χ0v) is 12.5. The van der Waals surface area contributed by atoms with Crippen molar-refractivity contribution in [1.29, 1.82) is 0 Å². The predicted octanol–water partition coefficient (Wildman–Crippen LogP) is 2.42. The van der Waals surface area contributed by atoms with Crippen LogP contribution in [0.4, 0.5) is 0 Å². The first kappa shape index (κ1) is 13.4. The van der Waals surface area contributed by atoms with Crippen molar-refractivity contribution in [2.45, 2.75) is 12.5 Å². The van der Waals surface area contributed by atoms with E-state index in [-0.39, 0.29) is 6.79 Å². The molecule has 1 aromatic carbocycles. The van der Waals surface area contributed by atoms with Crippen LogP contribution in [0, 0.1) is 0 Å². The molecule has 5 nitrogen and oxygen atoms in total. The van der Waals surface area contributed by atoms with E-state index in [1.54, 1.807) is 7.11 Å². The van der Waals surface area contributed by atoms with E-state index in [0.29, 0.717) is 5.92 Å². The van der Waals surface area contributed by atoms with Crippen molar-refractivity contribution in [3.8, 4) is 17.2 Å². The molecule has 4 rings (SSSR count). The monoisotopic (exact) mass is 298 g/mol. The molecule has 1 fully saturated rings. The summed E-state index contributed by atoms with van der Waals surface area (Å²) >= 11 is 0. The van der Waals surface area contributed by atoms with Crippen LogP contribution in [0.25, 0.3) is 0 Å². The van der Waals surface area contributed by atoms with Crippen molar-refractivity contribution in [3.05, 3.63) is 47.8 Å². The highest BCUT2D eigenvalue weighted by molar-refractivity contribution is 5.51. The van der Waals surface area contributed by atoms with Crippen molar-refractivity contribution in [1.82, 2.24) is 9.88 Å². The molecule has 0 bridgehead atoms. The Labute approximate surface area is 129 Å². The van der Waals surface area contributed by atoms with Gasteiger partial charge in [0, 0.05) is 49.6 Å². The van der Waals surface area contributed by atoms with Crippen molar-refractivity contribution >= 4 is 0 Å². The van der Waals surface area contributed by atoms with Gasteiger partial charge in [0.25, 0.3) is 0 Å². The number of nitrogens with zero attached hydrogens (tertiary/aromatic N) is 2. The van der Waals surface area contributed by atoms with Crippen LogP contribution >= 0.6 is 0 Å². The van der Waals surface area contributed by atoms with E-state index in [1.165, 1.54) is 5.56 Å². The molecule has 2 aromatic rings. The Morgan fingerprint density at radius 2 is 1.91 bits per heavy atom. The Balaban J connectivity index is 1.45. The zero-order valence-electron chi connectivity index (χ0n) is 12.5. The molecular weight excluding hydrogens is 280 g/mol. The second kappa shape index (κ2) is 5.50. The van der Waals surface area contributed by atoms with E-state index in [2.05, 4.69) is 22.0 Å². The molecular formula is C17H18N2O3. The molecule has 22 heavy (non-hydrogen) atoms. The van der Waals surface area contributed by atoms with Gasteiger partial charge in [-0.2, -0.15) is 0 Å². The summed E-state index contributed by atoms with van der Waals surface area (Å²) in [5.41, 5.74) is 2.50. The molecule has 0 atom stereocenters. The maximum absolute atomic E-state index is 5.48. The third kappa shape index (κ3) is 2.37. The summed E-state index contributed by atoms with van der Waals surface area (Å²) in [6.07, 6.45) is 3.72. The zero-order chi connectivity index (χ0) is 14.9. The summed E-state index contributed by atoms with van der Waals surface area (Å²) in [5, 5.41) is 0. The van der Waals surface area contributed by atoms with Crippen molar-refractivity contribution in [2.75, 3.05) is 27.0 Å². The number of fused-ring (bicyclic) bond motifs is 1. The van der Waals surface area contributed by atoms with E-state index in [0.717, 1.165) is 42.4 Å². The van der Waals surface area contributed by atoms with Gasteiger partial charge in [-0.1, -0.05) is 0 Å². The molecule has 114 valence electrons. The number of hydrogen-bond donors (Lipinski definition) is 0. The summed E-state index contributed by atoms with van der Waals surface area (Å²) in [5.74, 6) is 3.03. The lowest BCUT2D eigenvalue weighted by Crippen LogP contribution is -2.44. The van der Waals surface area contributed by atoms with Crippen LogP contribution in [0.1, 0.15) is 17.0 Å². The number of aromatic nitrogens is 1. The lowest BCUT2D eigenvalue weighted by molar-refractivity contribution is 0.138. The van der Waals surface area contributed by atoms with Crippen molar-refractivity contribution in [3.63, 3.8) is 0 Å². The second-order valence-corrected chi connectivity index (χ2v) is 5.69.